The number of nitrogens with one attached hydrogen (secondary N) is 1. The van der Waals surface area contributed by atoms with Gasteiger partial charge in [-0.2, -0.15) is 0 Å². The summed E-state index contributed by atoms with van der Waals surface area (Å²) in [5, 5.41) is 0. The maximum atomic E-state index is 5.78. The molecule has 19 heavy (non-hydrogen) atoms. The van der Waals surface area contributed by atoms with Gasteiger partial charge in [0.15, 0.2) is 0 Å². The topological polar surface area (TPSA) is 66.9 Å². The molecule has 1 N–H and O–H groups in total. The van der Waals surface area contributed by atoms with E-state index in [0.717, 1.165) is 36.8 Å². The third-order valence-corrected chi connectivity index (χ3v) is 3.21. The predicted molar refractivity (Wildman–Crippen MR) is 69.3 cm³/mol. The van der Waals surface area contributed by atoms with E-state index in [-0.39, 0.29) is 6.10 Å². The van der Waals surface area contributed by atoms with Gasteiger partial charge in [-0.1, -0.05) is 0 Å². The Bertz CT molecular complexity index is 510. The average Bonchev–Trinajstić information content (AvgIpc) is 2.93. The van der Waals surface area contributed by atoms with E-state index in [0.29, 0.717) is 6.61 Å². The van der Waals surface area contributed by atoms with E-state index in [1.165, 1.54) is 0 Å². The monoisotopic (exact) mass is 259 g/mol. The van der Waals surface area contributed by atoms with E-state index in [9.17, 15) is 0 Å². The Hall–Kier alpha value is -1.79. The number of hydrogen-bond donors (Lipinski definition) is 1. The normalized spacial score (nSPS) is 20.6. The van der Waals surface area contributed by atoms with Gasteiger partial charge in [0.2, 0.25) is 0 Å². The molecule has 0 spiro atoms. The number of rotatable bonds is 3. The van der Waals surface area contributed by atoms with Gasteiger partial charge >= 0.3 is 0 Å². The number of hydrogen-bond acceptors (Lipinski definition) is 5. The van der Waals surface area contributed by atoms with Crippen molar-refractivity contribution in [2.45, 2.75) is 19.6 Å². The smallest absolute Gasteiger partial charge is 0.120 e. The van der Waals surface area contributed by atoms with Crippen molar-refractivity contribution in [3.63, 3.8) is 0 Å². The largest absolute Gasteiger partial charge is 0.369 e. The minimum absolute atomic E-state index is 0.00295. The summed E-state index contributed by atoms with van der Waals surface area (Å²) in [5.41, 5.74) is 1.82. The molecule has 0 aliphatic carbocycles. The van der Waals surface area contributed by atoms with Crippen LogP contribution >= 0.6 is 0 Å². The molecule has 3 rings (SSSR count). The molecule has 2 aromatic rings. The summed E-state index contributed by atoms with van der Waals surface area (Å²) < 4.78 is 5.78. The fourth-order valence-corrected chi connectivity index (χ4v) is 2.19. The molecule has 6 nitrogen and oxygen atoms in total. The molecular formula is C13H17N5O. The van der Waals surface area contributed by atoms with E-state index in [4.69, 9.17) is 4.74 Å². The van der Waals surface area contributed by atoms with Crippen LogP contribution in [-0.4, -0.2) is 44.5 Å². The molecule has 3 heterocycles. The molecule has 1 atom stereocenters. The quantitative estimate of drug-likeness (QED) is 0.893. The van der Waals surface area contributed by atoms with Gasteiger partial charge in [-0.05, 0) is 6.92 Å². The van der Waals surface area contributed by atoms with Gasteiger partial charge in [0.25, 0.3) is 0 Å². The van der Waals surface area contributed by atoms with Crippen molar-refractivity contribution in [2.75, 3.05) is 19.7 Å². The first-order chi connectivity index (χ1) is 9.31. The highest BCUT2D eigenvalue weighted by Crippen LogP contribution is 2.20. The zero-order chi connectivity index (χ0) is 13.1. The minimum Gasteiger partial charge on any atom is -0.369 e. The van der Waals surface area contributed by atoms with Crippen molar-refractivity contribution in [3.05, 3.63) is 42.0 Å². The molecule has 0 unspecified atom stereocenters. The molecular weight excluding hydrogens is 242 g/mol. The Kier molecular flexibility index (Phi) is 3.52. The van der Waals surface area contributed by atoms with Gasteiger partial charge in [-0.3, -0.25) is 14.9 Å². The summed E-state index contributed by atoms with van der Waals surface area (Å²) in [6.07, 6.45) is 7.20. The number of aromatic amines is 1. The van der Waals surface area contributed by atoms with Gasteiger partial charge < -0.3 is 9.72 Å². The average molecular weight is 259 g/mol. The molecule has 1 aliphatic rings. The van der Waals surface area contributed by atoms with Crippen molar-refractivity contribution in [2.24, 2.45) is 0 Å². The zero-order valence-corrected chi connectivity index (χ0v) is 10.9. The summed E-state index contributed by atoms with van der Waals surface area (Å²) in [6.45, 7) is 5.18. The number of H-pyrrole nitrogens is 1. The second kappa shape index (κ2) is 5.46. The lowest BCUT2D eigenvalue weighted by molar-refractivity contribution is -0.0358. The third kappa shape index (κ3) is 2.97. The molecule has 0 radical (unpaired) electrons. The Labute approximate surface area is 111 Å². The number of ether oxygens (including phenoxy) is 1. The summed E-state index contributed by atoms with van der Waals surface area (Å²) in [5.74, 6) is 0.982. The van der Waals surface area contributed by atoms with E-state index >= 15 is 0 Å². The zero-order valence-electron chi connectivity index (χ0n) is 10.9. The summed E-state index contributed by atoms with van der Waals surface area (Å²) >= 11 is 0. The second-order valence-electron chi connectivity index (χ2n) is 4.71. The third-order valence-electron chi connectivity index (χ3n) is 3.21. The molecule has 0 aromatic carbocycles. The van der Waals surface area contributed by atoms with Crippen LogP contribution in [0.1, 0.15) is 23.3 Å². The fraction of sp³-hybridized carbons (Fsp3) is 0.462. The van der Waals surface area contributed by atoms with Crippen LogP contribution in [0.2, 0.25) is 0 Å². The van der Waals surface area contributed by atoms with Gasteiger partial charge in [0.05, 0.1) is 30.7 Å². The molecule has 0 amide bonds. The summed E-state index contributed by atoms with van der Waals surface area (Å²) in [4.78, 5) is 18.4. The van der Waals surface area contributed by atoms with Gasteiger partial charge in [0.1, 0.15) is 11.9 Å². The van der Waals surface area contributed by atoms with Gasteiger partial charge in [-0.25, -0.2) is 4.98 Å². The van der Waals surface area contributed by atoms with E-state index in [2.05, 4.69) is 24.8 Å². The number of aromatic nitrogens is 4. The van der Waals surface area contributed by atoms with Crippen LogP contribution in [0.3, 0.4) is 0 Å². The molecule has 1 aliphatic heterocycles. The van der Waals surface area contributed by atoms with E-state index in [1.54, 1.807) is 18.6 Å². The summed E-state index contributed by atoms with van der Waals surface area (Å²) in [6, 6.07) is 0. The highest BCUT2D eigenvalue weighted by atomic mass is 16.5. The molecule has 6 heteroatoms. The van der Waals surface area contributed by atoms with Crippen LogP contribution in [0.25, 0.3) is 0 Å². The molecule has 100 valence electrons. The van der Waals surface area contributed by atoms with Crippen LogP contribution in [0, 0.1) is 6.92 Å². The highest BCUT2D eigenvalue weighted by Gasteiger charge is 2.23. The van der Waals surface area contributed by atoms with Crippen LogP contribution in [0.15, 0.2) is 24.8 Å². The second-order valence-corrected chi connectivity index (χ2v) is 4.71. The van der Waals surface area contributed by atoms with E-state index in [1.807, 2.05) is 13.1 Å². The number of nitrogens with zero attached hydrogens (tertiary/aromatic N) is 4. The highest BCUT2D eigenvalue weighted by molar-refractivity contribution is 5.05. The number of morpholine rings is 1. The lowest BCUT2D eigenvalue weighted by Gasteiger charge is -2.31. The molecule has 0 saturated carbocycles. The van der Waals surface area contributed by atoms with Crippen LogP contribution in [0.4, 0.5) is 0 Å². The Morgan fingerprint density at radius 2 is 2.32 bits per heavy atom. The molecule has 0 bridgehead atoms. The first-order valence-corrected chi connectivity index (χ1v) is 6.42. The van der Waals surface area contributed by atoms with Crippen molar-refractivity contribution < 1.29 is 4.74 Å². The van der Waals surface area contributed by atoms with E-state index < -0.39 is 0 Å². The van der Waals surface area contributed by atoms with Gasteiger partial charge in [0, 0.05) is 31.7 Å². The molecule has 1 saturated heterocycles. The van der Waals surface area contributed by atoms with Crippen LogP contribution < -0.4 is 0 Å². The number of aryl methyl sites for hydroxylation is 1. The first kappa shape index (κ1) is 12.3. The van der Waals surface area contributed by atoms with Crippen molar-refractivity contribution >= 4 is 0 Å². The molecule has 1 fully saturated rings. The SMILES string of the molecule is Cc1cnc([C@@H]2CN(Cc3ncc[nH]3)CCO2)cn1. The Morgan fingerprint density at radius 3 is 3.05 bits per heavy atom. The Balaban J connectivity index is 1.66. The Morgan fingerprint density at radius 1 is 1.37 bits per heavy atom. The fourth-order valence-electron chi connectivity index (χ4n) is 2.19. The van der Waals surface area contributed by atoms with Crippen molar-refractivity contribution in [1.29, 1.82) is 0 Å². The van der Waals surface area contributed by atoms with Crippen molar-refractivity contribution in [1.82, 2.24) is 24.8 Å². The lowest BCUT2D eigenvalue weighted by atomic mass is 10.2. The first-order valence-electron chi connectivity index (χ1n) is 6.42. The van der Waals surface area contributed by atoms with Crippen molar-refractivity contribution in [3.8, 4) is 0 Å². The van der Waals surface area contributed by atoms with Crippen LogP contribution in [0.5, 0.6) is 0 Å². The van der Waals surface area contributed by atoms with Gasteiger partial charge in [-0.15, -0.1) is 0 Å². The molecule has 2 aromatic heterocycles. The standard InChI is InChI=1S/C13H17N5O/c1-10-6-17-11(7-16-10)12-8-18(4-5-19-12)9-13-14-2-3-15-13/h2-3,6-7,12H,4-5,8-9H2,1H3,(H,14,15)/t12-/m0/s1. The summed E-state index contributed by atoms with van der Waals surface area (Å²) in [7, 11) is 0. The lowest BCUT2D eigenvalue weighted by Crippen LogP contribution is -2.38. The minimum atomic E-state index is -0.00295. The maximum Gasteiger partial charge on any atom is 0.120 e. The predicted octanol–water partition coefficient (Wildman–Crippen LogP) is 1.08. The maximum absolute atomic E-state index is 5.78. The number of imidazole rings is 1. The van der Waals surface area contributed by atoms with Crippen LogP contribution in [-0.2, 0) is 11.3 Å².